The molecular weight excluding hydrogens is 360 g/mol. The predicted molar refractivity (Wildman–Crippen MR) is 108 cm³/mol. The van der Waals surface area contributed by atoms with Crippen LogP contribution in [0.4, 0.5) is 0 Å². The van der Waals surface area contributed by atoms with Gasteiger partial charge in [-0.2, -0.15) is 0 Å². The number of aliphatic hydroxyl groups excluding tert-OH is 3. The summed E-state index contributed by atoms with van der Waals surface area (Å²) in [5, 5.41) is 35.0. The van der Waals surface area contributed by atoms with Gasteiger partial charge in [-0.05, 0) is 30.9 Å². The molecule has 1 amide bonds. The molecule has 0 aliphatic heterocycles. The van der Waals surface area contributed by atoms with Gasteiger partial charge in [0, 0.05) is 6.42 Å². The molecule has 5 N–H and O–H groups in total. The van der Waals surface area contributed by atoms with E-state index in [4.69, 9.17) is 4.74 Å². The minimum atomic E-state index is -0.956. The van der Waals surface area contributed by atoms with Crippen LogP contribution in [0, 0.1) is 5.92 Å². The van der Waals surface area contributed by atoms with Crippen LogP contribution >= 0.6 is 0 Å². The summed E-state index contributed by atoms with van der Waals surface area (Å²) < 4.78 is 5.29. The van der Waals surface area contributed by atoms with Crippen molar-refractivity contribution in [1.82, 2.24) is 10.6 Å². The van der Waals surface area contributed by atoms with Crippen molar-refractivity contribution in [2.24, 2.45) is 5.92 Å². The summed E-state index contributed by atoms with van der Waals surface area (Å²) in [6.45, 7) is 4.94. The number of nitrogens with one attached hydrogen (secondary N) is 2. The van der Waals surface area contributed by atoms with Crippen molar-refractivity contribution in [2.45, 2.75) is 64.5 Å². The largest absolute Gasteiger partial charge is 0.394 e. The number of rotatable bonds is 15. The normalized spacial score (nSPS) is 15.6. The highest BCUT2D eigenvalue weighted by atomic mass is 16.6. The molecule has 4 unspecified atom stereocenters. The van der Waals surface area contributed by atoms with Gasteiger partial charge >= 0.3 is 0 Å². The molecule has 1 aromatic carbocycles. The third-order valence-corrected chi connectivity index (χ3v) is 4.70. The van der Waals surface area contributed by atoms with Crippen molar-refractivity contribution >= 4 is 5.91 Å². The molecule has 1 rings (SSSR count). The Bertz CT molecular complexity index is 529. The molecule has 0 aliphatic rings. The van der Waals surface area contributed by atoms with Crippen LogP contribution in [0.3, 0.4) is 0 Å². The molecule has 1 aromatic rings. The van der Waals surface area contributed by atoms with E-state index in [9.17, 15) is 20.1 Å². The van der Waals surface area contributed by atoms with E-state index in [-0.39, 0.29) is 12.5 Å². The van der Waals surface area contributed by atoms with Gasteiger partial charge in [0.05, 0.1) is 19.3 Å². The molecule has 0 heterocycles. The fraction of sp³-hybridized carbons (Fsp3) is 0.667. The first kappa shape index (κ1) is 24.5. The van der Waals surface area contributed by atoms with Gasteiger partial charge in [-0.15, -0.1) is 0 Å². The number of hydrogen-bond donors (Lipinski definition) is 5. The molecule has 0 aromatic heterocycles. The number of unbranched alkanes of at least 4 members (excludes halogenated alkanes) is 2. The molecule has 0 radical (unpaired) electrons. The second kappa shape index (κ2) is 14.5. The maximum Gasteiger partial charge on any atom is 0.220 e. The van der Waals surface area contributed by atoms with E-state index < -0.39 is 18.6 Å². The van der Waals surface area contributed by atoms with Crippen molar-refractivity contribution in [2.75, 3.05) is 19.8 Å². The fourth-order valence-electron chi connectivity index (χ4n) is 2.63. The highest BCUT2D eigenvalue weighted by molar-refractivity contribution is 5.76. The van der Waals surface area contributed by atoms with E-state index >= 15 is 0 Å². The Kier molecular flexibility index (Phi) is 12.7. The van der Waals surface area contributed by atoms with Gasteiger partial charge in [-0.3, -0.25) is 10.1 Å². The first-order valence-electron chi connectivity index (χ1n) is 10.1. The van der Waals surface area contributed by atoms with Gasteiger partial charge in [-0.1, -0.05) is 57.0 Å². The SMILES string of the molecule is CCC(C)COC(O)NCCCCCC(=O)NC(CO)C(O)c1ccccc1. The molecule has 4 atom stereocenters. The minimum absolute atomic E-state index is 0.195. The first-order valence-corrected chi connectivity index (χ1v) is 10.1. The molecule has 0 fully saturated rings. The lowest BCUT2D eigenvalue weighted by atomic mass is 10.0. The number of benzene rings is 1. The Morgan fingerprint density at radius 1 is 1.14 bits per heavy atom. The zero-order valence-corrected chi connectivity index (χ0v) is 17.0. The van der Waals surface area contributed by atoms with Gasteiger partial charge in [0.1, 0.15) is 6.10 Å². The molecule has 0 saturated carbocycles. The van der Waals surface area contributed by atoms with Gasteiger partial charge in [0.2, 0.25) is 12.3 Å². The lowest BCUT2D eigenvalue weighted by Gasteiger charge is -2.22. The average molecular weight is 397 g/mol. The van der Waals surface area contributed by atoms with E-state index in [0.29, 0.717) is 37.5 Å². The maximum atomic E-state index is 12.1. The van der Waals surface area contributed by atoms with Crippen LogP contribution in [-0.4, -0.2) is 53.4 Å². The van der Waals surface area contributed by atoms with Crippen LogP contribution in [0.5, 0.6) is 0 Å². The molecule has 0 aliphatic carbocycles. The summed E-state index contributed by atoms with van der Waals surface area (Å²) in [7, 11) is 0. The monoisotopic (exact) mass is 396 g/mol. The summed E-state index contributed by atoms with van der Waals surface area (Å²) in [6, 6.07) is 8.23. The second-order valence-corrected chi connectivity index (χ2v) is 7.18. The summed E-state index contributed by atoms with van der Waals surface area (Å²) in [5.74, 6) is 0.219. The van der Waals surface area contributed by atoms with E-state index in [0.717, 1.165) is 19.3 Å². The Balaban J connectivity index is 2.15. The summed E-state index contributed by atoms with van der Waals surface area (Å²) in [4.78, 5) is 12.1. The number of carbonyl (C=O) groups excluding carboxylic acids is 1. The number of amides is 1. The van der Waals surface area contributed by atoms with Crippen LogP contribution in [-0.2, 0) is 9.53 Å². The molecule has 0 bridgehead atoms. The standard InChI is InChI=1S/C21H36N2O5/c1-3-16(2)15-28-21(27)22-13-9-5-8-12-19(25)23-18(14-24)20(26)17-10-6-4-7-11-17/h4,6-7,10-11,16,18,20-22,24,26-27H,3,5,8-9,12-15H2,1-2H3,(H,23,25). The molecule has 28 heavy (non-hydrogen) atoms. The zero-order valence-electron chi connectivity index (χ0n) is 17.0. The Morgan fingerprint density at radius 2 is 1.86 bits per heavy atom. The maximum absolute atomic E-state index is 12.1. The molecule has 7 heteroatoms. The highest BCUT2D eigenvalue weighted by Gasteiger charge is 2.21. The van der Waals surface area contributed by atoms with Crippen LogP contribution in [0.25, 0.3) is 0 Å². The number of aliphatic hydroxyl groups is 3. The van der Waals surface area contributed by atoms with Crippen LogP contribution in [0.2, 0.25) is 0 Å². The zero-order chi connectivity index (χ0) is 20.8. The lowest BCUT2D eigenvalue weighted by molar-refractivity contribution is -0.128. The van der Waals surface area contributed by atoms with Crippen LogP contribution < -0.4 is 10.6 Å². The predicted octanol–water partition coefficient (Wildman–Crippen LogP) is 1.69. The Hall–Kier alpha value is -1.51. The summed E-state index contributed by atoms with van der Waals surface area (Å²) in [5.41, 5.74) is 0.655. The van der Waals surface area contributed by atoms with Gasteiger partial charge < -0.3 is 25.4 Å². The third-order valence-electron chi connectivity index (χ3n) is 4.70. The topological polar surface area (TPSA) is 111 Å². The van der Waals surface area contributed by atoms with Crippen molar-refractivity contribution in [3.63, 3.8) is 0 Å². The van der Waals surface area contributed by atoms with Gasteiger partial charge in [-0.25, -0.2) is 0 Å². The molecule has 0 saturated heterocycles. The fourth-order valence-corrected chi connectivity index (χ4v) is 2.63. The number of hydrogen-bond acceptors (Lipinski definition) is 6. The minimum Gasteiger partial charge on any atom is -0.394 e. The highest BCUT2D eigenvalue weighted by Crippen LogP contribution is 2.16. The Labute approximate surface area is 168 Å². The smallest absolute Gasteiger partial charge is 0.220 e. The quantitative estimate of drug-likeness (QED) is 0.228. The third kappa shape index (κ3) is 10.1. The molecule has 160 valence electrons. The van der Waals surface area contributed by atoms with Crippen molar-refractivity contribution in [1.29, 1.82) is 0 Å². The molecule has 7 nitrogen and oxygen atoms in total. The van der Waals surface area contributed by atoms with E-state index in [1.54, 1.807) is 24.3 Å². The van der Waals surface area contributed by atoms with Crippen molar-refractivity contribution < 1.29 is 24.9 Å². The number of carbonyl (C=O) groups is 1. The molecular formula is C21H36N2O5. The van der Waals surface area contributed by atoms with Crippen LogP contribution in [0.15, 0.2) is 30.3 Å². The second-order valence-electron chi connectivity index (χ2n) is 7.18. The summed E-state index contributed by atoms with van der Waals surface area (Å²) in [6.07, 6.45) is 1.76. The molecule has 0 spiro atoms. The number of ether oxygens (including phenoxy) is 1. The van der Waals surface area contributed by atoms with Crippen molar-refractivity contribution in [3.05, 3.63) is 35.9 Å². The van der Waals surface area contributed by atoms with Gasteiger partial charge in [0.15, 0.2) is 0 Å². The van der Waals surface area contributed by atoms with Crippen molar-refractivity contribution in [3.8, 4) is 0 Å². The average Bonchev–Trinajstić information content (AvgIpc) is 2.72. The van der Waals surface area contributed by atoms with E-state index in [1.165, 1.54) is 0 Å². The van der Waals surface area contributed by atoms with Crippen LogP contribution in [0.1, 0.15) is 57.6 Å². The summed E-state index contributed by atoms with van der Waals surface area (Å²) >= 11 is 0. The first-order chi connectivity index (χ1) is 13.5. The van der Waals surface area contributed by atoms with E-state index in [1.807, 2.05) is 6.07 Å². The lowest BCUT2D eigenvalue weighted by Crippen LogP contribution is -2.41. The van der Waals surface area contributed by atoms with E-state index in [2.05, 4.69) is 24.5 Å². The van der Waals surface area contributed by atoms with Gasteiger partial charge in [0.25, 0.3) is 0 Å². The Morgan fingerprint density at radius 3 is 2.50 bits per heavy atom.